The van der Waals surface area contributed by atoms with Gasteiger partial charge >= 0.3 is 0 Å². The first-order valence-corrected chi connectivity index (χ1v) is 6.07. The Morgan fingerprint density at radius 2 is 2.14 bits per heavy atom. The standard InChI is InChI=1S/C13H14N4O4/c1-8-6-12(16(2)15-8)13(18)14-10-5-4-9(21-3)7-11(10)17(19)20/h4-7H,1-3H3,(H,14,18). The molecule has 0 aliphatic heterocycles. The number of aromatic nitrogens is 2. The fourth-order valence-corrected chi connectivity index (χ4v) is 1.90. The van der Waals surface area contributed by atoms with Gasteiger partial charge in [-0.05, 0) is 25.1 Å². The lowest BCUT2D eigenvalue weighted by atomic mass is 10.2. The highest BCUT2D eigenvalue weighted by atomic mass is 16.6. The van der Waals surface area contributed by atoms with Gasteiger partial charge in [0.1, 0.15) is 17.1 Å². The molecule has 0 saturated carbocycles. The SMILES string of the molecule is COc1ccc(NC(=O)c2cc(C)nn2C)c([N+](=O)[O-])c1. The molecule has 2 aromatic rings. The normalized spacial score (nSPS) is 10.2. The number of carbonyl (C=O) groups is 1. The Labute approximate surface area is 120 Å². The summed E-state index contributed by atoms with van der Waals surface area (Å²) in [6.07, 6.45) is 0. The van der Waals surface area contributed by atoms with Gasteiger partial charge in [-0.2, -0.15) is 5.10 Å². The quantitative estimate of drug-likeness (QED) is 0.684. The second kappa shape index (κ2) is 5.61. The van der Waals surface area contributed by atoms with Crippen LogP contribution < -0.4 is 10.1 Å². The number of carbonyl (C=O) groups excluding carboxylic acids is 1. The summed E-state index contributed by atoms with van der Waals surface area (Å²) in [4.78, 5) is 22.6. The van der Waals surface area contributed by atoms with Gasteiger partial charge in [0, 0.05) is 7.05 Å². The minimum Gasteiger partial charge on any atom is -0.496 e. The number of nitrogens with one attached hydrogen (secondary N) is 1. The number of amides is 1. The Hall–Kier alpha value is -2.90. The Kier molecular flexibility index (Phi) is 3.88. The van der Waals surface area contributed by atoms with E-state index in [2.05, 4.69) is 10.4 Å². The molecular formula is C13H14N4O4. The first-order chi connectivity index (χ1) is 9.92. The molecule has 8 heteroatoms. The minimum absolute atomic E-state index is 0.102. The monoisotopic (exact) mass is 290 g/mol. The molecule has 0 bridgehead atoms. The molecule has 0 atom stereocenters. The van der Waals surface area contributed by atoms with E-state index in [1.165, 1.54) is 30.0 Å². The lowest BCUT2D eigenvalue weighted by molar-refractivity contribution is -0.384. The van der Waals surface area contributed by atoms with Gasteiger partial charge in [0.25, 0.3) is 11.6 Å². The zero-order valence-corrected chi connectivity index (χ0v) is 11.8. The van der Waals surface area contributed by atoms with Crippen LogP contribution in [0.2, 0.25) is 0 Å². The molecule has 2 rings (SSSR count). The van der Waals surface area contributed by atoms with E-state index in [-0.39, 0.29) is 11.4 Å². The topological polar surface area (TPSA) is 99.3 Å². The van der Waals surface area contributed by atoms with Gasteiger partial charge < -0.3 is 10.1 Å². The summed E-state index contributed by atoms with van der Waals surface area (Å²) >= 11 is 0. The fourth-order valence-electron chi connectivity index (χ4n) is 1.90. The van der Waals surface area contributed by atoms with Crippen LogP contribution in [0.1, 0.15) is 16.2 Å². The summed E-state index contributed by atoms with van der Waals surface area (Å²) in [5.41, 5.74) is 0.871. The van der Waals surface area contributed by atoms with Crippen LogP contribution in [0.4, 0.5) is 11.4 Å². The third-order valence-corrected chi connectivity index (χ3v) is 2.88. The van der Waals surface area contributed by atoms with Crippen LogP contribution in [-0.2, 0) is 7.05 Å². The molecule has 1 heterocycles. The van der Waals surface area contributed by atoms with Crippen molar-refractivity contribution in [2.75, 3.05) is 12.4 Å². The molecular weight excluding hydrogens is 276 g/mol. The van der Waals surface area contributed by atoms with Crippen molar-refractivity contribution in [2.45, 2.75) is 6.92 Å². The number of benzene rings is 1. The zero-order valence-electron chi connectivity index (χ0n) is 11.8. The van der Waals surface area contributed by atoms with Gasteiger partial charge in [0.15, 0.2) is 0 Å². The maximum atomic E-state index is 12.2. The number of nitrogens with zero attached hydrogens (tertiary/aromatic N) is 3. The predicted molar refractivity (Wildman–Crippen MR) is 75.5 cm³/mol. The number of nitro benzene ring substituents is 1. The number of rotatable bonds is 4. The summed E-state index contributed by atoms with van der Waals surface area (Å²) < 4.78 is 6.36. The number of ether oxygens (including phenoxy) is 1. The Bertz CT molecular complexity index is 708. The average Bonchev–Trinajstić information content (AvgIpc) is 2.78. The summed E-state index contributed by atoms with van der Waals surface area (Å²) in [7, 11) is 3.04. The summed E-state index contributed by atoms with van der Waals surface area (Å²) in [6.45, 7) is 1.76. The molecule has 0 fully saturated rings. The van der Waals surface area contributed by atoms with E-state index in [1.54, 1.807) is 20.0 Å². The van der Waals surface area contributed by atoms with Crippen molar-refractivity contribution >= 4 is 17.3 Å². The van der Waals surface area contributed by atoms with E-state index in [0.29, 0.717) is 17.1 Å². The van der Waals surface area contributed by atoms with Gasteiger partial charge in [0.05, 0.1) is 23.8 Å². The van der Waals surface area contributed by atoms with Crippen LogP contribution in [0.15, 0.2) is 24.3 Å². The highest BCUT2D eigenvalue weighted by molar-refractivity contribution is 6.04. The average molecular weight is 290 g/mol. The first-order valence-electron chi connectivity index (χ1n) is 6.07. The molecule has 8 nitrogen and oxygen atoms in total. The van der Waals surface area contributed by atoms with Crippen molar-refractivity contribution in [3.63, 3.8) is 0 Å². The van der Waals surface area contributed by atoms with Crippen molar-refractivity contribution in [3.8, 4) is 5.75 Å². The number of anilines is 1. The Morgan fingerprint density at radius 1 is 1.43 bits per heavy atom. The van der Waals surface area contributed by atoms with E-state index in [4.69, 9.17) is 4.74 Å². The van der Waals surface area contributed by atoms with Crippen molar-refractivity contribution in [2.24, 2.45) is 7.05 Å². The lowest BCUT2D eigenvalue weighted by Gasteiger charge is -2.07. The van der Waals surface area contributed by atoms with Crippen LogP contribution in [0.5, 0.6) is 5.75 Å². The maximum absolute atomic E-state index is 12.2. The molecule has 1 aromatic carbocycles. The maximum Gasteiger partial charge on any atom is 0.296 e. The summed E-state index contributed by atoms with van der Waals surface area (Å²) in [6, 6.07) is 5.82. The molecule has 0 aliphatic carbocycles. The molecule has 1 amide bonds. The molecule has 1 N–H and O–H groups in total. The van der Waals surface area contributed by atoms with Gasteiger partial charge in [-0.1, -0.05) is 0 Å². The van der Waals surface area contributed by atoms with Crippen LogP contribution in [-0.4, -0.2) is 27.7 Å². The molecule has 0 radical (unpaired) electrons. The van der Waals surface area contributed by atoms with E-state index in [9.17, 15) is 14.9 Å². The second-order valence-electron chi connectivity index (χ2n) is 4.39. The number of hydrogen-bond acceptors (Lipinski definition) is 5. The van der Waals surface area contributed by atoms with E-state index >= 15 is 0 Å². The number of nitro groups is 1. The van der Waals surface area contributed by atoms with Crippen LogP contribution >= 0.6 is 0 Å². The second-order valence-corrected chi connectivity index (χ2v) is 4.39. The third-order valence-electron chi connectivity index (χ3n) is 2.88. The van der Waals surface area contributed by atoms with E-state index in [1.807, 2.05) is 0 Å². The van der Waals surface area contributed by atoms with Crippen molar-refractivity contribution in [1.29, 1.82) is 0 Å². The van der Waals surface area contributed by atoms with Gasteiger partial charge in [-0.3, -0.25) is 19.6 Å². The van der Waals surface area contributed by atoms with Gasteiger partial charge in [0.2, 0.25) is 0 Å². The van der Waals surface area contributed by atoms with Gasteiger partial charge in [-0.15, -0.1) is 0 Å². The highest BCUT2D eigenvalue weighted by Crippen LogP contribution is 2.29. The number of methoxy groups -OCH3 is 1. The van der Waals surface area contributed by atoms with Crippen molar-refractivity contribution in [3.05, 3.63) is 45.8 Å². The van der Waals surface area contributed by atoms with Crippen LogP contribution in [0, 0.1) is 17.0 Å². The molecule has 0 unspecified atom stereocenters. The fraction of sp³-hybridized carbons (Fsp3) is 0.231. The predicted octanol–water partition coefficient (Wildman–Crippen LogP) is 1.90. The highest BCUT2D eigenvalue weighted by Gasteiger charge is 2.19. The largest absolute Gasteiger partial charge is 0.496 e. The molecule has 0 saturated heterocycles. The summed E-state index contributed by atoms with van der Waals surface area (Å²) in [5, 5.41) is 17.6. The summed E-state index contributed by atoms with van der Waals surface area (Å²) in [5.74, 6) is -0.123. The van der Waals surface area contributed by atoms with Crippen molar-refractivity contribution < 1.29 is 14.5 Å². The van der Waals surface area contributed by atoms with E-state index < -0.39 is 10.8 Å². The third kappa shape index (κ3) is 2.99. The number of hydrogen-bond donors (Lipinski definition) is 1. The first kappa shape index (κ1) is 14.5. The Morgan fingerprint density at radius 3 is 2.67 bits per heavy atom. The zero-order chi connectivity index (χ0) is 15.6. The van der Waals surface area contributed by atoms with Gasteiger partial charge in [-0.25, -0.2) is 0 Å². The van der Waals surface area contributed by atoms with E-state index in [0.717, 1.165) is 0 Å². The number of aryl methyl sites for hydroxylation is 2. The molecule has 0 spiro atoms. The smallest absolute Gasteiger partial charge is 0.296 e. The Balaban J connectivity index is 2.33. The molecule has 110 valence electrons. The minimum atomic E-state index is -0.577. The van der Waals surface area contributed by atoms with Crippen LogP contribution in [0.3, 0.4) is 0 Å². The molecule has 0 aliphatic rings. The van der Waals surface area contributed by atoms with Crippen LogP contribution in [0.25, 0.3) is 0 Å². The lowest BCUT2D eigenvalue weighted by Crippen LogP contribution is -2.16. The van der Waals surface area contributed by atoms with Crippen molar-refractivity contribution in [1.82, 2.24) is 9.78 Å². The molecule has 21 heavy (non-hydrogen) atoms. The molecule has 1 aromatic heterocycles.